The van der Waals surface area contributed by atoms with Crippen LogP contribution in [0.15, 0.2) is 54.2 Å². The molecule has 0 spiro atoms. The van der Waals surface area contributed by atoms with Gasteiger partial charge in [0, 0.05) is 55.1 Å². The lowest BCUT2D eigenvalue weighted by atomic mass is 9.66. The van der Waals surface area contributed by atoms with Crippen molar-refractivity contribution in [3.8, 4) is 17.6 Å². The SMILES string of the molecule is CCCC1C(C(=O)N2CCC(C#N)(c3ccccc3OC(C)CCC3(C(=O)O)CCC3)CC2)CCCN1C(=O)c1cnccc1C(F)(F)F.Oc1csc(C(F)(F)F)c1. The van der Waals surface area contributed by atoms with Crippen LogP contribution >= 0.6 is 11.3 Å². The summed E-state index contributed by atoms with van der Waals surface area (Å²) in [6, 6.07) is 10.9. The van der Waals surface area contributed by atoms with Crippen molar-refractivity contribution in [2.24, 2.45) is 11.3 Å². The van der Waals surface area contributed by atoms with E-state index < -0.39 is 63.0 Å². The normalized spacial score (nSPS) is 20.6. The quantitative estimate of drug-likeness (QED) is 0.182. The van der Waals surface area contributed by atoms with E-state index in [1.54, 1.807) is 4.90 Å². The molecule has 1 aromatic carbocycles. The number of amides is 2. The van der Waals surface area contributed by atoms with Crippen LogP contribution < -0.4 is 4.74 Å². The molecule has 320 valence electrons. The fourth-order valence-electron chi connectivity index (χ4n) is 8.37. The molecule has 2 aliphatic heterocycles. The number of hydrogen-bond donors (Lipinski definition) is 2. The van der Waals surface area contributed by atoms with Crippen molar-refractivity contribution < 1.29 is 55.7 Å². The number of nitriles is 1. The van der Waals surface area contributed by atoms with Gasteiger partial charge in [0.2, 0.25) is 5.91 Å². The second-order valence-corrected chi connectivity index (χ2v) is 16.5. The van der Waals surface area contributed by atoms with E-state index in [2.05, 4.69) is 11.1 Å². The summed E-state index contributed by atoms with van der Waals surface area (Å²) in [6.45, 7) is 4.70. The Morgan fingerprint density at radius 1 is 1.03 bits per heavy atom. The first-order valence-corrected chi connectivity index (χ1v) is 20.6. The lowest BCUT2D eigenvalue weighted by Gasteiger charge is -2.44. The van der Waals surface area contributed by atoms with Crippen molar-refractivity contribution in [3.63, 3.8) is 0 Å². The first-order chi connectivity index (χ1) is 27.9. The molecule has 10 nitrogen and oxygen atoms in total. The van der Waals surface area contributed by atoms with Crippen molar-refractivity contribution in [1.29, 1.82) is 5.26 Å². The van der Waals surface area contributed by atoms with Crippen molar-refractivity contribution >= 4 is 29.1 Å². The average molecular weight is 851 g/mol. The number of hydrogen-bond acceptors (Lipinski definition) is 8. The van der Waals surface area contributed by atoms with Gasteiger partial charge in [-0.05, 0) is 76.8 Å². The number of likely N-dealkylation sites (tertiary alicyclic amines) is 2. The molecule has 2 amide bonds. The molecule has 3 fully saturated rings. The number of alkyl halides is 6. The number of thiophene rings is 1. The fourth-order valence-corrected chi connectivity index (χ4v) is 9.01. The third kappa shape index (κ3) is 10.3. The number of halogens is 6. The largest absolute Gasteiger partial charge is 0.507 e. The van der Waals surface area contributed by atoms with Gasteiger partial charge in [0.05, 0.1) is 40.0 Å². The molecule has 0 bridgehead atoms. The standard InChI is InChI=1S/C37H45F3N4O5.C5H3F3OS/c1-3-8-30-26(9-6-20-44(30)33(46)27-23-42-19-13-28(27)37(38,39)40)32(45)43-21-17-36(24-41,18-22-43)29-10-4-5-11-31(29)49-25(2)12-16-35(34(47)48)14-7-15-35;6-5(7,8)4-1-3(9)2-10-4/h4-5,10-11,13,19,23,25-26,30H,3,6-9,12,14-18,20-22H2,1-2H3,(H,47,48);1-2,9H. The van der Waals surface area contributed by atoms with Gasteiger partial charge in [-0.2, -0.15) is 31.6 Å². The molecule has 3 aromatic rings. The molecule has 59 heavy (non-hydrogen) atoms. The maximum absolute atomic E-state index is 14.1. The fraction of sp³-hybridized carbons (Fsp3) is 0.548. The third-order valence-electron chi connectivity index (χ3n) is 11.8. The molecule has 2 saturated heterocycles. The molecule has 17 heteroatoms. The number of carbonyl (C=O) groups excluding carboxylic acids is 2. The Morgan fingerprint density at radius 2 is 1.73 bits per heavy atom. The van der Waals surface area contributed by atoms with E-state index >= 15 is 0 Å². The Labute approximate surface area is 342 Å². The number of carboxylic acids is 1. The van der Waals surface area contributed by atoms with E-state index in [0.29, 0.717) is 100 Å². The van der Waals surface area contributed by atoms with Crippen LogP contribution in [0.2, 0.25) is 0 Å². The summed E-state index contributed by atoms with van der Waals surface area (Å²) in [7, 11) is 0. The Balaban J connectivity index is 0.000000578. The number of carbonyl (C=O) groups is 3. The summed E-state index contributed by atoms with van der Waals surface area (Å²) in [5, 5.41) is 29.8. The zero-order chi connectivity index (χ0) is 43.2. The number of aromatic nitrogens is 1. The number of pyridine rings is 1. The summed E-state index contributed by atoms with van der Waals surface area (Å²) in [4.78, 5) is 45.7. The van der Waals surface area contributed by atoms with Gasteiger partial charge in [-0.25, -0.2) is 0 Å². The number of benzene rings is 1. The van der Waals surface area contributed by atoms with Crippen LogP contribution in [0.25, 0.3) is 0 Å². The maximum Gasteiger partial charge on any atom is 0.425 e. The van der Waals surface area contributed by atoms with Crippen LogP contribution in [0.4, 0.5) is 26.3 Å². The summed E-state index contributed by atoms with van der Waals surface area (Å²) >= 11 is 0.481. The monoisotopic (exact) mass is 850 g/mol. The van der Waals surface area contributed by atoms with Gasteiger partial charge in [0.25, 0.3) is 5.91 Å². The van der Waals surface area contributed by atoms with Gasteiger partial charge in [-0.15, -0.1) is 11.3 Å². The zero-order valence-electron chi connectivity index (χ0n) is 32.8. The predicted octanol–water partition coefficient (Wildman–Crippen LogP) is 9.48. The molecule has 3 atom stereocenters. The molecule has 1 saturated carbocycles. The van der Waals surface area contributed by atoms with E-state index in [9.17, 15) is 51.1 Å². The van der Waals surface area contributed by atoms with E-state index in [1.165, 1.54) is 4.90 Å². The first-order valence-electron chi connectivity index (χ1n) is 19.7. The predicted molar refractivity (Wildman–Crippen MR) is 205 cm³/mol. The molecule has 2 aromatic heterocycles. The number of rotatable bonds is 11. The highest BCUT2D eigenvalue weighted by Gasteiger charge is 2.46. The smallest absolute Gasteiger partial charge is 0.425 e. The number of aliphatic carboxylic acids is 1. The molecule has 4 heterocycles. The molecule has 6 rings (SSSR count). The van der Waals surface area contributed by atoms with Gasteiger partial charge >= 0.3 is 18.3 Å². The highest BCUT2D eigenvalue weighted by Crippen LogP contribution is 2.46. The Bertz CT molecular complexity index is 1990. The van der Waals surface area contributed by atoms with E-state index in [1.807, 2.05) is 38.1 Å². The zero-order valence-corrected chi connectivity index (χ0v) is 33.6. The average Bonchev–Trinajstić information content (AvgIpc) is 3.64. The third-order valence-corrected chi connectivity index (χ3v) is 12.8. The summed E-state index contributed by atoms with van der Waals surface area (Å²) in [5.41, 5.74) is -2.40. The summed E-state index contributed by atoms with van der Waals surface area (Å²) in [6.07, 6.45) is -1.13. The van der Waals surface area contributed by atoms with Crippen LogP contribution in [-0.2, 0) is 27.4 Å². The number of nitrogens with zero attached hydrogens (tertiary/aromatic N) is 4. The highest BCUT2D eigenvalue weighted by molar-refractivity contribution is 7.10. The minimum Gasteiger partial charge on any atom is -0.507 e. The Kier molecular flexibility index (Phi) is 14.3. The number of piperidine rings is 2. The minimum atomic E-state index is -4.72. The number of carboxylic acid groups (broad SMARTS) is 1. The Hall–Kier alpha value is -4.85. The second kappa shape index (κ2) is 18.6. The van der Waals surface area contributed by atoms with Crippen molar-refractivity contribution in [2.75, 3.05) is 19.6 Å². The van der Waals surface area contributed by atoms with Crippen LogP contribution in [-0.4, -0.2) is 74.6 Å². The minimum absolute atomic E-state index is 0.147. The lowest BCUT2D eigenvalue weighted by Crippen LogP contribution is -2.55. The molecular weight excluding hydrogens is 803 g/mol. The lowest BCUT2D eigenvalue weighted by molar-refractivity contribution is -0.155. The van der Waals surface area contributed by atoms with Crippen molar-refractivity contribution in [2.45, 2.75) is 114 Å². The highest BCUT2D eigenvalue weighted by atomic mass is 32.1. The van der Waals surface area contributed by atoms with E-state index in [-0.39, 0.29) is 24.3 Å². The maximum atomic E-state index is 14.1. The van der Waals surface area contributed by atoms with E-state index in [4.69, 9.17) is 9.84 Å². The van der Waals surface area contributed by atoms with Crippen LogP contribution in [0.5, 0.6) is 11.5 Å². The molecule has 3 unspecified atom stereocenters. The topological polar surface area (TPSA) is 144 Å². The number of para-hydroxylation sites is 1. The Morgan fingerprint density at radius 3 is 2.27 bits per heavy atom. The van der Waals surface area contributed by atoms with Gasteiger partial charge < -0.3 is 24.7 Å². The van der Waals surface area contributed by atoms with Gasteiger partial charge in [-0.1, -0.05) is 38.0 Å². The second-order valence-electron chi connectivity index (χ2n) is 15.6. The van der Waals surface area contributed by atoms with Crippen LogP contribution in [0, 0.1) is 22.7 Å². The van der Waals surface area contributed by atoms with Gasteiger partial charge in [-0.3, -0.25) is 19.4 Å². The number of ether oxygens (including phenoxy) is 1. The van der Waals surface area contributed by atoms with E-state index in [0.717, 1.165) is 35.8 Å². The van der Waals surface area contributed by atoms with Crippen LogP contribution in [0.1, 0.15) is 111 Å². The number of aromatic hydroxyl groups is 1. The molecule has 1 aliphatic carbocycles. The van der Waals surface area contributed by atoms with Crippen molar-refractivity contribution in [3.05, 3.63) is 75.7 Å². The van der Waals surface area contributed by atoms with Gasteiger partial charge in [0.15, 0.2) is 0 Å². The summed E-state index contributed by atoms with van der Waals surface area (Å²) < 4.78 is 82.8. The molecule has 0 radical (unpaired) electrons. The van der Waals surface area contributed by atoms with Crippen LogP contribution in [0.3, 0.4) is 0 Å². The first kappa shape index (κ1) is 45.2. The molecule has 2 N–H and O–H groups in total. The molecular formula is C42H48F6N4O6S. The van der Waals surface area contributed by atoms with Gasteiger partial charge in [0.1, 0.15) is 16.4 Å². The van der Waals surface area contributed by atoms with Crippen molar-refractivity contribution in [1.82, 2.24) is 14.8 Å². The summed E-state index contributed by atoms with van der Waals surface area (Å²) in [5.74, 6) is -2.00. The molecule has 3 aliphatic rings.